The minimum atomic E-state index is -0.886. The molecule has 2 rings (SSSR count). The molecule has 0 fully saturated rings. The molecule has 1 atom stereocenters. The molecule has 0 radical (unpaired) electrons. The number of hydrazone groups is 1. The Labute approximate surface area is 102 Å². The molecule has 92 valence electrons. The van der Waals surface area contributed by atoms with Crippen molar-refractivity contribution in [2.24, 2.45) is 5.10 Å². The Bertz CT molecular complexity index is 466. The summed E-state index contributed by atoms with van der Waals surface area (Å²) >= 11 is 0. The van der Waals surface area contributed by atoms with Crippen LogP contribution in [0, 0.1) is 6.92 Å². The predicted molar refractivity (Wildman–Crippen MR) is 67.3 cm³/mol. The fourth-order valence-corrected chi connectivity index (χ4v) is 1.97. The quantitative estimate of drug-likeness (QED) is 0.848. The first-order chi connectivity index (χ1) is 7.94. The van der Waals surface area contributed by atoms with Gasteiger partial charge < -0.3 is 9.84 Å². The van der Waals surface area contributed by atoms with Crippen molar-refractivity contribution in [3.63, 3.8) is 0 Å². The maximum Gasteiger partial charge on any atom is 0.155 e. The molecule has 0 aliphatic carbocycles. The van der Waals surface area contributed by atoms with Crippen LogP contribution < -0.4 is 4.74 Å². The molecule has 4 heteroatoms. The average Bonchev–Trinajstić information content (AvgIpc) is 2.53. The Hall–Kier alpha value is -1.55. The number of rotatable bonds is 2. The Morgan fingerprint density at radius 1 is 1.47 bits per heavy atom. The molecule has 1 aromatic carbocycles. The van der Waals surface area contributed by atoms with Crippen LogP contribution in [-0.4, -0.2) is 35.7 Å². The molecule has 0 amide bonds. The van der Waals surface area contributed by atoms with Crippen LogP contribution in [0.3, 0.4) is 0 Å². The first-order valence-corrected chi connectivity index (χ1v) is 5.63. The third kappa shape index (κ3) is 2.13. The predicted octanol–water partition coefficient (Wildman–Crippen LogP) is 1.75. The maximum atomic E-state index is 10.1. The molecule has 1 heterocycles. The second-order valence-corrected chi connectivity index (χ2v) is 4.65. The maximum absolute atomic E-state index is 10.1. The second kappa shape index (κ2) is 4.04. The third-order valence-corrected chi connectivity index (χ3v) is 3.20. The van der Waals surface area contributed by atoms with Crippen molar-refractivity contribution in [2.45, 2.75) is 26.0 Å². The summed E-state index contributed by atoms with van der Waals surface area (Å²) < 4.78 is 5.22. The summed E-state index contributed by atoms with van der Waals surface area (Å²) in [6.45, 7) is 3.76. The van der Waals surface area contributed by atoms with Gasteiger partial charge in [0.15, 0.2) is 5.72 Å². The van der Waals surface area contributed by atoms with Crippen molar-refractivity contribution in [1.29, 1.82) is 0 Å². The van der Waals surface area contributed by atoms with E-state index in [1.165, 1.54) is 0 Å². The number of hydrogen-bond donors (Lipinski definition) is 1. The normalized spacial score (nSPS) is 23.8. The lowest BCUT2D eigenvalue weighted by atomic mass is 10.0. The van der Waals surface area contributed by atoms with E-state index in [1.54, 1.807) is 26.1 Å². The van der Waals surface area contributed by atoms with E-state index in [2.05, 4.69) is 5.10 Å². The lowest BCUT2D eigenvalue weighted by Gasteiger charge is -2.24. The van der Waals surface area contributed by atoms with E-state index in [4.69, 9.17) is 4.74 Å². The van der Waals surface area contributed by atoms with Crippen LogP contribution in [0.25, 0.3) is 0 Å². The topological polar surface area (TPSA) is 45.1 Å². The minimum absolute atomic E-state index is 0.537. The molecule has 1 aliphatic heterocycles. The summed E-state index contributed by atoms with van der Waals surface area (Å²) in [5.74, 6) is 0.868. The Balaban J connectivity index is 2.31. The van der Waals surface area contributed by atoms with E-state index in [0.29, 0.717) is 6.42 Å². The average molecular weight is 234 g/mol. The lowest BCUT2D eigenvalue weighted by Crippen LogP contribution is -2.36. The summed E-state index contributed by atoms with van der Waals surface area (Å²) in [7, 11) is 3.44. The smallest absolute Gasteiger partial charge is 0.155 e. The standard InChI is InChI=1S/C13H18N2O2/c1-9-7-10(5-6-12(9)17-4)11-8-13(2,16)15(3)14-11/h5-7,16H,8H2,1-4H3. The van der Waals surface area contributed by atoms with Crippen LogP contribution in [0.15, 0.2) is 23.3 Å². The zero-order valence-electron chi connectivity index (χ0n) is 10.7. The van der Waals surface area contributed by atoms with E-state index < -0.39 is 5.72 Å². The summed E-state index contributed by atoms with van der Waals surface area (Å²) in [4.78, 5) is 0. The largest absolute Gasteiger partial charge is 0.496 e. The van der Waals surface area contributed by atoms with Crippen molar-refractivity contribution >= 4 is 5.71 Å². The number of methoxy groups -OCH3 is 1. The molecule has 0 bridgehead atoms. The highest BCUT2D eigenvalue weighted by Gasteiger charge is 2.34. The molecule has 0 saturated heterocycles. The van der Waals surface area contributed by atoms with Crippen LogP contribution in [0.5, 0.6) is 5.75 Å². The first kappa shape index (κ1) is 11.9. The number of aryl methyl sites for hydroxylation is 1. The fraction of sp³-hybridized carbons (Fsp3) is 0.462. The van der Waals surface area contributed by atoms with Gasteiger partial charge in [0.25, 0.3) is 0 Å². The van der Waals surface area contributed by atoms with Gasteiger partial charge in [-0.2, -0.15) is 5.10 Å². The summed E-state index contributed by atoms with van der Waals surface area (Å²) in [6.07, 6.45) is 0.537. The van der Waals surface area contributed by atoms with Crippen molar-refractivity contribution in [3.8, 4) is 5.75 Å². The molecule has 0 spiro atoms. The highest BCUT2D eigenvalue weighted by Crippen LogP contribution is 2.27. The van der Waals surface area contributed by atoms with Gasteiger partial charge in [-0.1, -0.05) is 0 Å². The Morgan fingerprint density at radius 3 is 2.65 bits per heavy atom. The molecule has 4 nitrogen and oxygen atoms in total. The van der Waals surface area contributed by atoms with E-state index >= 15 is 0 Å². The van der Waals surface area contributed by atoms with Crippen LogP contribution in [0.4, 0.5) is 0 Å². The van der Waals surface area contributed by atoms with Gasteiger partial charge in [-0.3, -0.25) is 5.01 Å². The number of aliphatic hydroxyl groups is 1. The molecule has 1 unspecified atom stereocenters. The number of nitrogens with zero attached hydrogens (tertiary/aromatic N) is 2. The Kier molecular flexibility index (Phi) is 2.83. The minimum Gasteiger partial charge on any atom is -0.496 e. The van der Waals surface area contributed by atoms with Crippen molar-refractivity contribution in [3.05, 3.63) is 29.3 Å². The molecule has 0 aromatic heterocycles. The van der Waals surface area contributed by atoms with Gasteiger partial charge in [0.05, 0.1) is 12.8 Å². The van der Waals surface area contributed by atoms with Gasteiger partial charge in [0.2, 0.25) is 0 Å². The van der Waals surface area contributed by atoms with Crippen LogP contribution >= 0.6 is 0 Å². The lowest BCUT2D eigenvalue weighted by molar-refractivity contribution is -0.0592. The SMILES string of the molecule is COc1ccc(C2=NN(C)C(C)(O)C2)cc1C. The Morgan fingerprint density at radius 2 is 2.18 bits per heavy atom. The molecular weight excluding hydrogens is 216 g/mol. The van der Waals surface area contributed by atoms with Crippen LogP contribution in [0.2, 0.25) is 0 Å². The van der Waals surface area contributed by atoms with Gasteiger partial charge >= 0.3 is 0 Å². The summed E-state index contributed by atoms with van der Waals surface area (Å²) in [5.41, 5.74) is 2.13. The molecule has 1 N–H and O–H groups in total. The third-order valence-electron chi connectivity index (χ3n) is 3.20. The number of ether oxygens (including phenoxy) is 1. The van der Waals surface area contributed by atoms with Gasteiger partial charge in [-0.05, 0) is 43.2 Å². The highest BCUT2D eigenvalue weighted by molar-refractivity contribution is 6.02. The summed E-state index contributed by atoms with van der Waals surface area (Å²) in [5, 5.41) is 16.0. The van der Waals surface area contributed by atoms with Crippen molar-refractivity contribution in [1.82, 2.24) is 5.01 Å². The van der Waals surface area contributed by atoms with Gasteiger partial charge in [0, 0.05) is 13.5 Å². The molecule has 17 heavy (non-hydrogen) atoms. The van der Waals surface area contributed by atoms with E-state index in [0.717, 1.165) is 22.6 Å². The number of benzene rings is 1. The van der Waals surface area contributed by atoms with Gasteiger partial charge in [-0.25, -0.2) is 0 Å². The van der Waals surface area contributed by atoms with Gasteiger partial charge in [0.1, 0.15) is 5.75 Å². The summed E-state index contributed by atoms with van der Waals surface area (Å²) in [6, 6.07) is 5.94. The zero-order valence-corrected chi connectivity index (χ0v) is 10.7. The number of hydrogen-bond acceptors (Lipinski definition) is 4. The van der Waals surface area contributed by atoms with E-state index in [1.807, 2.05) is 25.1 Å². The first-order valence-electron chi connectivity index (χ1n) is 5.63. The molecule has 1 aromatic rings. The van der Waals surface area contributed by atoms with Crippen molar-refractivity contribution < 1.29 is 9.84 Å². The monoisotopic (exact) mass is 234 g/mol. The highest BCUT2D eigenvalue weighted by atomic mass is 16.5. The van der Waals surface area contributed by atoms with Gasteiger partial charge in [-0.15, -0.1) is 0 Å². The van der Waals surface area contributed by atoms with Crippen LogP contribution in [-0.2, 0) is 0 Å². The van der Waals surface area contributed by atoms with Crippen LogP contribution in [0.1, 0.15) is 24.5 Å². The molecular formula is C13H18N2O2. The molecule has 0 saturated carbocycles. The fourth-order valence-electron chi connectivity index (χ4n) is 1.97. The van der Waals surface area contributed by atoms with E-state index in [-0.39, 0.29) is 0 Å². The van der Waals surface area contributed by atoms with E-state index in [9.17, 15) is 5.11 Å². The van der Waals surface area contributed by atoms with Crippen molar-refractivity contribution in [2.75, 3.05) is 14.2 Å². The molecule has 1 aliphatic rings. The second-order valence-electron chi connectivity index (χ2n) is 4.65. The zero-order chi connectivity index (χ0) is 12.6.